The van der Waals surface area contributed by atoms with Crippen molar-refractivity contribution in [2.45, 2.75) is 51.9 Å². The molecule has 14 heavy (non-hydrogen) atoms. The SMILES string of the molecule is CC1CC2OC3C(C)CC3C(C)C2=N1. The molecule has 0 N–H and O–H groups in total. The van der Waals surface area contributed by atoms with Crippen molar-refractivity contribution in [1.29, 1.82) is 0 Å². The molecule has 2 fully saturated rings. The van der Waals surface area contributed by atoms with Crippen molar-refractivity contribution in [3.05, 3.63) is 0 Å². The van der Waals surface area contributed by atoms with Crippen LogP contribution < -0.4 is 0 Å². The molecular formula is C12H19NO. The van der Waals surface area contributed by atoms with E-state index in [-0.39, 0.29) is 0 Å². The molecule has 1 aliphatic carbocycles. The first-order chi connectivity index (χ1) is 6.66. The fraction of sp³-hybridized carbons (Fsp3) is 0.917. The summed E-state index contributed by atoms with van der Waals surface area (Å²) in [6, 6.07) is 0.491. The van der Waals surface area contributed by atoms with E-state index < -0.39 is 0 Å². The summed E-state index contributed by atoms with van der Waals surface area (Å²) in [4.78, 5) is 4.73. The first-order valence-corrected chi connectivity index (χ1v) is 5.90. The summed E-state index contributed by atoms with van der Waals surface area (Å²) in [7, 11) is 0. The van der Waals surface area contributed by atoms with E-state index in [2.05, 4.69) is 20.8 Å². The maximum Gasteiger partial charge on any atom is 0.0978 e. The van der Waals surface area contributed by atoms with Crippen molar-refractivity contribution >= 4 is 5.71 Å². The van der Waals surface area contributed by atoms with Gasteiger partial charge in [-0.3, -0.25) is 4.99 Å². The number of rotatable bonds is 0. The monoisotopic (exact) mass is 193 g/mol. The topological polar surface area (TPSA) is 21.6 Å². The lowest BCUT2D eigenvalue weighted by atomic mass is 9.63. The number of hydrogen-bond acceptors (Lipinski definition) is 2. The highest BCUT2D eigenvalue weighted by Gasteiger charge is 2.51. The zero-order valence-electron chi connectivity index (χ0n) is 9.23. The third-order valence-corrected chi connectivity index (χ3v) is 4.31. The molecule has 3 rings (SSSR count). The lowest BCUT2D eigenvalue weighted by Crippen LogP contribution is -2.55. The maximum atomic E-state index is 6.13. The lowest BCUT2D eigenvalue weighted by Gasteiger charge is -2.51. The van der Waals surface area contributed by atoms with Gasteiger partial charge in [-0.15, -0.1) is 0 Å². The second-order valence-corrected chi connectivity index (χ2v) is 5.39. The van der Waals surface area contributed by atoms with Crippen LogP contribution in [0.25, 0.3) is 0 Å². The number of nitrogens with zero attached hydrogens (tertiary/aromatic N) is 1. The van der Waals surface area contributed by atoms with E-state index in [0.717, 1.165) is 18.3 Å². The lowest BCUT2D eigenvalue weighted by molar-refractivity contribution is -0.133. The summed E-state index contributed by atoms with van der Waals surface area (Å²) in [5, 5.41) is 0. The van der Waals surface area contributed by atoms with E-state index in [1.54, 1.807) is 0 Å². The van der Waals surface area contributed by atoms with Crippen LogP contribution >= 0.6 is 0 Å². The highest BCUT2D eigenvalue weighted by molar-refractivity contribution is 5.93. The minimum atomic E-state index is 0.365. The van der Waals surface area contributed by atoms with Gasteiger partial charge in [-0.2, -0.15) is 0 Å². The van der Waals surface area contributed by atoms with Crippen LogP contribution in [-0.2, 0) is 4.74 Å². The average molecular weight is 193 g/mol. The van der Waals surface area contributed by atoms with Crippen LogP contribution in [0.1, 0.15) is 33.6 Å². The van der Waals surface area contributed by atoms with Crippen molar-refractivity contribution in [2.24, 2.45) is 22.7 Å². The van der Waals surface area contributed by atoms with E-state index in [4.69, 9.17) is 9.73 Å². The van der Waals surface area contributed by atoms with Crippen molar-refractivity contribution in [3.63, 3.8) is 0 Å². The summed E-state index contributed by atoms with van der Waals surface area (Å²) in [6.45, 7) is 6.86. The van der Waals surface area contributed by atoms with Gasteiger partial charge in [-0.1, -0.05) is 13.8 Å². The third kappa shape index (κ3) is 1.04. The van der Waals surface area contributed by atoms with Gasteiger partial charge in [0.15, 0.2) is 0 Å². The molecule has 1 saturated heterocycles. The molecule has 6 atom stereocenters. The van der Waals surface area contributed by atoms with Gasteiger partial charge in [0.2, 0.25) is 0 Å². The molecular weight excluding hydrogens is 174 g/mol. The molecule has 6 unspecified atom stereocenters. The molecule has 2 aliphatic heterocycles. The van der Waals surface area contributed by atoms with Gasteiger partial charge < -0.3 is 4.74 Å². The van der Waals surface area contributed by atoms with Crippen LogP contribution in [0.2, 0.25) is 0 Å². The number of hydrogen-bond donors (Lipinski definition) is 0. The van der Waals surface area contributed by atoms with Gasteiger partial charge in [0.1, 0.15) is 0 Å². The zero-order valence-corrected chi connectivity index (χ0v) is 9.23. The minimum absolute atomic E-state index is 0.365. The van der Waals surface area contributed by atoms with Gasteiger partial charge in [0, 0.05) is 18.1 Å². The molecule has 0 aromatic rings. The van der Waals surface area contributed by atoms with Crippen molar-refractivity contribution in [2.75, 3.05) is 0 Å². The molecule has 0 radical (unpaired) electrons. The standard InChI is InChI=1S/C12H19NO/c1-6-4-9-8(3)11-10(14-12(6)9)5-7(2)13-11/h6-10,12H,4-5H2,1-3H3. The molecule has 0 amide bonds. The third-order valence-electron chi connectivity index (χ3n) is 4.31. The van der Waals surface area contributed by atoms with Gasteiger partial charge in [-0.25, -0.2) is 0 Å². The second kappa shape index (κ2) is 2.82. The van der Waals surface area contributed by atoms with Crippen molar-refractivity contribution < 1.29 is 4.74 Å². The Kier molecular flexibility index (Phi) is 1.79. The summed E-state index contributed by atoms with van der Waals surface area (Å²) < 4.78 is 6.13. The quantitative estimate of drug-likeness (QED) is 0.578. The van der Waals surface area contributed by atoms with E-state index in [9.17, 15) is 0 Å². The molecule has 0 bridgehead atoms. The number of ether oxygens (including phenoxy) is 1. The summed E-state index contributed by atoms with van der Waals surface area (Å²) in [6.07, 6.45) is 3.37. The van der Waals surface area contributed by atoms with Crippen LogP contribution in [0.3, 0.4) is 0 Å². The molecule has 2 heteroatoms. The first-order valence-electron chi connectivity index (χ1n) is 5.90. The fourth-order valence-electron chi connectivity index (χ4n) is 3.41. The van der Waals surface area contributed by atoms with Crippen molar-refractivity contribution in [1.82, 2.24) is 0 Å². The predicted molar refractivity (Wildman–Crippen MR) is 56.6 cm³/mol. The Morgan fingerprint density at radius 3 is 2.71 bits per heavy atom. The summed E-state index contributed by atoms with van der Waals surface area (Å²) in [5.41, 5.74) is 1.37. The Balaban J connectivity index is 1.85. The smallest absolute Gasteiger partial charge is 0.0978 e. The molecule has 0 aromatic heterocycles. The van der Waals surface area contributed by atoms with Gasteiger partial charge in [-0.05, 0) is 25.2 Å². The van der Waals surface area contributed by atoms with Crippen LogP contribution in [-0.4, -0.2) is 24.0 Å². The first kappa shape index (κ1) is 8.90. The number of fused-ring (bicyclic) bond motifs is 2. The highest BCUT2D eigenvalue weighted by Crippen LogP contribution is 2.47. The van der Waals surface area contributed by atoms with Crippen LogP contribution in [0.15, 0.2) is 4.99 Å². The zero-order chi connectivity index (χ0) is 9.87. The Hall–Kier alpha value is -0.370. The average Bonchev–Trinajstić information content (AvgIpc) is 2.50. The van der Waals surface area contributed by atoms with Gasteiger partial charge >= 0.3 is 0 Å². The number of aliphatic imine (C=N–C) groups is 1. The Bertz CT molecular complexity index is 286. The van der Waals surface area contributed by atoms with Crippen LogP contribution in [0, 0.1) is 17.8 Å². The molecule has 2 heterocycles. The van der Waals surface area contributed by atoms with Crippen LogP contribution in [0.5, 0.6) is 0 Å². The van der Waals surface area contributed by atoms with Crippen LogP contribution in [0.4, 0.5) is 0 Å². The van der Waals surface area contributed by atoms with E-state index >= 15 is 0 Å². The molecule has 1 saturated carbocycles. The fourth-order valence-corrected chi connectivity index (χ4v) is 3.41. The second-order valence-electron chi connectivity index (χ2n) is 5.39. The van der Waals surface area contributed by atoms with E-state index in [1.165, 1.54) is 12.1 Å². The molecule has 0 aromatic carbocycles. The Morgan fingerprint density at radius 1 is 1.21 bits per heavy atom. The maximum absolute atomic E-state index is 6.13. The molecule has 0 spiro atoms. The highest BCUT2D eigenvalue weighted by atomic mass is 16.5. The van der Waals surface area contributed by atoms with E-state index in [1.807, 2.05) is 0 Å². The summed E-state index contributed by atoms with van der Waals surface area (Å²) in [5.74, 6) is 2.23. The largest absolute Gasteiger partial charge is 0.368 e. The Morgan fingerprint density at radius 2 is 2.00 bits per heavy atom. The summed E-state index contributed by atoms with van der Waals surface area (Å²) >= 11 is 0. The van der Waals surface area contributed by atoms with Gasteiger partial charge in [0.05, 0.1) is 18.2 Å². The van der Waals surface area contributed by atoms with Crippen molar-refractivity contribution in [3.8, 4) is 0 Å². The molecule has 78 valence electrons. The normalized spacial score (nSPS) is 55.8. The minimum Gasteiger partial charge on any atom is -0.368 e. The van der Waals surface area contributed by atoms with E-state index in [0.29, 0.717) is 24.2 Å². The molecule has 2 nitrogen and oxygen atoms in total. The molecule has 3 aliphatic rings. The van der Waals surface area contributed by atoms with Gasteiger partial charge in [0.25, 0.3) is 0 Å². The predicted octanol–water partition coefficient (Wildman–Crippen LogP) is 2.28. The Labute approximate surface area is 85.7 Å².